The first-order chi connectivity index (χ1) is 9.34. The van der Waals surface area contributed by atoms with E-state index in [4.69, 9.17) is 0 Å². The number of rotatable bonds is 6. The number of hydrogen-bond donors (Lipinski definition) is 2. The largest absolute Gasteiger partial charge is 1.00 e. The lowest BCUT2D eigenvalue weighted by Crippen LogP contribution is -3.05. The molecule has 0 aromatic heterocycles. The summed E-state index contributed by atoms with van der Waals surface area (Å²) in [5.41, 5.74) is 1.03. The van der Waals surface area contributed by atoms with Gasteiger partial charge in [0.2, 0.25) is 5.91 Å². The second kappa shape index (κ2) is 9.07. The van der Waals surface area contributed by atoms with Crippen molar-refractivity contribution in [3.63, 3.8) is 0 Å². The standard InChI is InChI=1S/C15H17N3O.ClH/c19-15(8-7-14-5-2-1-3-6-14)17-9-4-11-18-12-10-16-13-18;/h1-3,5-8,10,12-13H,4,9,11H2,(H,17,19);1H/b8-7+;. The van der Waals surface area contributed by atoms with Gasteiger partial charge < -0.3 is 17.7 Å². The quantitative estimate of drug-likeness (QED) is 0.446. The lowest BCUT2D eigenvalue weighted by atomic mass is 10.2. The summed E-state index contributed by atoms with van der Waals surface area (Å²) < 4.78 is 0. The molecule has 1 aliphatic rings. The van der Waals surface area contributed by atoms with E-state index < -0.39 is 0 Å². The van der Waals surface area contributed by atoms with Crippen LogP contribution in [0.5, 0.6) is 0 Å². The molecule has 0 spiro atoms. The van der Waals surface area contributed by atoms with Gasteiger partial charge in [0.1, 0.15) is 6.20 Å². The van der Waals surface area contributed by atoms with Crippen LogP contribution in [0, 0.1) is 0 Å². The highest BCUT2D eigenvalue weighted by Crippen LogP contribution is 2.00. The maximum Gasteiger partial charge on any atom is 0.244 e. The molecule has 106 valence electrons. The van der Waals surface area contributed by atoms with Crippen molar-refractivity contribution in [1.82, 2.24) is 5.32 Å². The Bertz CT molecular complexity index is 485. The van der Waals surface area contributed by atoms with E-state index in [2.05, 4.69) is 10.3 Å². The van der Waals surface area contributed by atoms with E-state index in [0.717, 1.165) is 18.5 Å². The molecule has 0 fully saturated rings. The van der Waals surface area contributed by atoms with E-state index in [1.807, 2.05) is 48.9 Å². The first kappa shape index (κ1) is 16.1. The van der Waals surface area contributed by atoms with Gasteiger partial charge in [-0.3, -0.25) is 9.69 Å². The zero-order valence-corrected chi connectivity index (χ0v) is 11.9. The minimum Gasteiger partial charge on any atom is -1.00 e. The van der Waals surface area contributed by atoms with Gasteiger partial charge >= 0.3 is 0 Å². The highest BCUT2D eigenvalue weighted by molar-refractivity contribution is 5.91. The zero-order chi connectivity index (χ0) is 13.3. The molecular weight excluding hydrogens is 274 g/mol. The number of amides is 1. The molecule has 1 aromatic rings. The number of aliphatic imine (C=N–C) groups is 1. The summed E-state index contributed by atoms with van der Waals surface area (Å²) in [5.74, 6) is -0.0514. The van der Waals surface area contributed by atoms with Crippen molar-refractivity contribution in [1.29, 1.82) is 0 Å². The van der Waals surface area contributed by atoms with E-state index in [1.54, 1.807) is 12.3 Å². The van der Waals surface area contributed by atoms with Gasteiger partial charge in [-0.25, -0.2) is 4.99 Å². The van der Waals surface area contributed by atoms with Gasteiger partial charge in [0, 0.05) is 19.0 Å². The van der Waals surface area contributed by atoms with Crippen molar-refractivity contribution < 1.29 is 22.1 Å². The summed E-state index contributed by atoms with van der Waals surface area (Å²) in [5, 5.41) is 2.87. The van der Waals surface area contributed by atoms with Crippen LogP contribution in [0.3, 0.4) is 0 Å². The predicted octanol–water partition coefficient (Wildman–Crippen LogP) is -2.39. The van der Waals surface area contributed by atoms with Crippen LogP contribution in [0.15, 0.2) is 53.8 Å². The number of nitrogens with one attached hydrogen (secondary N) is 2. The Labute approximate surface area is 125 Å². The number of quaternary nitrogens is 1. The van der Waals surface area contributed by atoms with Gasteiger partial charge in [0.25, 0.3) is 0 Å². The maximum absolute atomic E-state index is 11.6. The second-order valence-corrected chi connectivity index (χ2v) is 4.31. The molecule has 1 aliphatic heterocycles. The summed E-state index contributed by atoms with van der Waals surface area (Å²) in [6, 6.07) is 9.78. The highest BCUT2D eigenvalue weighted by Gasteiger charge is 2.04. The molecule has 0 aliphatic carbocycles. The number of carbonyl (C=O) groups excluding carboxylic acids is 1. The molecule has 2 N–H and O–H groups in total. The van der Waals surface area contributed by atoms with Crippen molar-refractivity contribution in [3.8, 4) is 0 Å². The minimum absolute atomic E-state index is 0. The average Bonchev–Trinajstić information content (AvgIpc) is 2.96. The number of nitrogens with zero attached hydrogens (tertiary/aromatic N) is 1. The third-order valence-electron chi connectivity index (χ3n) is 2.78. The molecule has 1 atom stereocenters. The van der Waals surface area contributed by atoms with Crippen LogP contribution in [0.1, 0.15) is 12.0 Å². The van der Waals surface area contributed by atoms with E-state index >= 15 is 0 Å². The molecule has 4 nitrogen and oxygen atoms in total. The topological polar surface area (TPSA) is 45.9 Å². The van der Waals surface area contributed by atoms with E-state index in [1.165, 1.54) is 4.90 Å². The van der Waals surface area contributed by atoms with Crippen molar-refractivity contribution in [2.24, 2.45) is 4.99 Å². The number of hydrogen-bond acceptors (Lipinski definition) is 2. The molecular formula is C15H18ClN3O. The first-order valence-corrected chi connectivity index (χ1v) is 6.41. The molecule has 0 radical (unpaired) electrons. The van der Waals surface area contributed by atoms with Crippen LogP contribution in [-0.4, -0.2) is 25.3 Å². The Morgan fingerprint density at radius 2 is 2.10 bits per heavy atom. The summed E-state index contributed by atoms with van der Waals surface area (Å²) in [6.07, 6.45) is 9.96. The molecule has 20 heavy (non-hydrogen) atoms. The van der Waals surface area contributed by atoms with Gasteiger partial charge in [-0.15, -0.1) is 0 Å². The van der Waals surface area contributed by atoms with Crippen LogP contribution in [0.25, 0.3) is 6.08 Å². The fourth-order valence-electron chi connectivity index (χ4n) is 1.77. The van der Waals surface area contributed by atoms with Crippen LogP contribution in [-0.2, 0) is 4.79 Å². The molecule has 5 heteroatoms. The summed E-state index contributed by atoms with van der Waals surface area (Å²) >= 11 is 0. The third-order valence-corrected chi connectivity index (χ3v) is 2.78. The average molecular weight is 292 g/mol. The number of benzene rings is 1. The van der Waals surface area contributed by atoms with Crippen molar-refractivity contribution in [2.75, 3.05) is 13.1 Å². The molecule has 1 heterocycles. The fraction of sp³-hybridized carbons (Fsp3) is 0.200. The summed E-state index contributed by atoms with van der Waals surface area (Å²) in [6.45, 7) is 1.63. The number of carbonyl (C=O) groups is 1. The molecule has 0 saturated heterocycles. The monoisotopic (exact) mass is 291 g/mol. The van der Waals surface area contributed by atoms with Gasteiger partial charge in [-0.1, -0.05) is 30.3 Å². The Hall–Kier alpha value is -1.91. The van der Waals surface area contributed by atoms with Crippen molar-refractivity contribution in [2.45, 2.75) is 6.42 Å². The summed E-state index contributed by atoms with van der Waals surface area (Å²) in [4.78, 5) is 16.8. The molecule has 0 saturated carbocycles. The van der Waals surface area contributed by atoms with Crippen LogP contribution in [0.2, 0.25) is 0 Å². The second-order valence-electron chi connectivity index (χ2n) is 4.31. The van der Waals surface area contributed by atoms with E-state index in [0.29, 0.717) is 6.54 Å². The maximum atomic E-state index is 11.6. The molecule has 2 rings (SSSR count). The Balaban J connectivity index is 0.00000200. The lowest BCUT2D eigenvalue weighted by Gasteiger charge is -2.05. The Morgan fingerprint density at radius 3 is 2.80 bits per heavy atom. The minimum atomic E-state index is -0.0514. The lowest BCUT2D eigenvalue weighted by molar-refractivity contribution is -0.736. The van der Waals surface area contributed by atoms with Crippen LogP contribution < -0.4 is 22.6 Å². The Morgan fingerprint density at radius 1 is 1.30 bits per heavy atom. The highest BCUT2D eigenvalue weighted by atomic mass is 35.5. The van der Waals surface area contributed by atoms with Crippen LogP contribution in [0.4, 0.5) is 0 Å². The zero-order valence-electron chi connectivity index (χ0n) is 11.1. The molecule has 1 amide bonds. The smallest absolute Gasteiger partial charge is 0.244 e. The van der Waals surface area contributed by atoms with Gasteiger partial charge in [0.05, 0.1) is 12.7 Å². The number of halogens is 1. The Kier molecular flexibility index (Phi) is 7.32. The molecule has 1 aromatic carbocycles. The van der Waals surface area contributed by atoms with E-state index in [-0.39, 0.29) is 18.3 Å². The normalized spacial score (nSPS) is 16.3. The van der Waals surface area contributed by atoms with E-state index in [9.17, 15) is 4.79 Å². The molecule has 1 unspecified atom stereocenters. The third kappa shape index (κ3) is 5.82. The van der Waals surface area contributed by atoms with Gasteiger partial charge in [0.15, 0.2) is 6.34 Å². The first-order valence-electron chi connectivity index (χ1n) is 6.41. The van der Waals surface area contributed by atoms with Gasteiger partial charge in [-0.2, -0.15) is 0 Å². The summed E-state index contributed by atoms with van der Waals surface area (Å²) in [7, 11) is 0. The van der Waals surface area contributed by atoms with Gasteiger partial charge in [-0.05, 0) is 11.6 Å². The SMILES string of the molecule is O=C(/C=C/c1ccccc1)NCCC[NH+]1C=CN=C1.[Cl-]. The van der Waals surface area contributed by atoms with Crippen molar-refractivity contribution >= 4 is 18.3 Å². The van der Waals surface area contributed by atoms with Crippen molar-refractivity contribution in [3.05, 3.63) is 54.4 Å². The van der Waals surface area contributed by atoms with Crippen LogP contribution >= 0.6 is 0 Å². The predicted molar refractivity (Wildman–Crippen MR) is 76.6 cm³/mol. The fourth-order valence-corrected chi connectivity index (χ4v) is 1.77. The molecule has 0 bridgehead atoms.